The van der Waals surface area contributed by atoms with Crippen molar-refractivity contribution in [2.24, 2.45) is 0 Å². The molecule has 0 aliphatic rings. The maximum Gasteiger partial charge on any atom is 0.362 e. The molecule has 0 bridgehead atoms. The molecule has 0 saturated carbocycles. The Balaban J connectivity index is 2.28. The summed E-state index contributed by atoms with van der Waals surface area (Å²) in [4.78, 5) is 12.3. The number of ether oxygens (including phenoxy) is 1. The average Bonchev–Trinajstić information content (AvgIpc) is 2.74. The van der Waals surface area contributed by atoms with Crippen LogP contribution in [0.4, 0.5) is 0 Å². The topological polar surface area (TPSA) is 44.1 Å². The molecule has 5 heteroatoms. The number of nitrogens with zero attached hydrogens (tertiary/aromatic N) is 2. The van der Waals surface area contributed by atoms with Gasteiger partial charge in [-0.1, -0.05) is 11.6 Å². The Hall–Kier alpha value is -1.81. The van der Waals surface area contributed by atoms with Gasteiger partial charge in [0.2, 0.25) is 0 Å². The van der Waals surface area contributed by atoms with Crippen LogP contribution >= 0.6 is 11.6 Å². The van der Waals surface area contributed by atoms with Crippen LogP contribution in [-0.2, 0) is 5.54 Å². The minimum Gasteiger partial charge on any atom is -0.422 e. The van der Waals surface area contributed by atoms with Crippen LogP contribution in [0.3, 0.4) is 0 Å². The summed E-state index contributed by atoms with van der Waals surface area (Å²) in [5, 5.41) is 4.95. The Bertz CT molecular complexity index is 624. The fourth-order valence-electron chi connectivity index (χ4n) is 1.82. The fourth-order valence-corrected chi connectivity index (χ4v) is 1.94. The number of carbonyl (C=O) groups is 1. The second-order valence-electron chi connectivity index (χ2n) is 5.60. The zero-order chi connectivity index (χ0) is 14.9. The van der Waals surface area contributed by atoms with Crippen LogP contribution in [0.1, 0.15) is 37.0 Å². The standard InChI is InChI=1S/C15H17ClN2O2/c1-10-9-13(18(17-10)15(2,3)4)14(19)20-12-7-5-11(16)6-8-12/h5-9H,1-4H3. The molecule has 4 nitrogen and oxygen atoms in total. The smallest absolute Gasteiger partial charge is 0.362 e. The fraction of sp³-hybridized carbons (Fsp3) is 0.333. The summed E-state index contributed by atoms with van der Waals surface area (Å²) in [6, 6.07) is 8.40. The number of hydrogen-bond acceptors (Lipinski definition) is 3. The molecule has 0 atom stereocenters. The van der Waals surface area contributed by atoms with E-state index in [1.165, 1.54) is 0 Å². The van der Waals surface area contributed by atoms with Crippen molar-refractivity contribution in [3.05, 3.63) is 46.7 Å². The lowest BCUT2D eigenvalue weighted by molar-refractivity contribution is 0.0713. The highest BCUT2D eigenvalue weighted by molar-refractivity contribution is 6.30. The van der Waals surface area contributed by atoms with Gasteiger partial charge in [-0.05, 0) is 58.0 Å². The number of hydrogen-bond donors (Lipinski definition) is 0. The van der Waals surface area contributed by atoms with Gasteiger partial charge in [-0.3, -0.25) is 4.68 Å². The molecule has 0 amide bonds. The Morgan fingerprint density at radius 1 is 1.25 bits per heavy atom. The number of esters is 1. The highest BCUT2D eigenvalue weighted by Crippen LogP contribution is 2.20. The molecule has 0 unspecified atom stereocenters. The lowest BCUT2D eigenvalue weighted by Gasteiger charge is -2.21. The summed E-state index contributed by atoms with van der Waals surface area (Å²) in [7, 11) is 0. The van der Waals surface area contributed by atoms with Gasteiger partial charge in [0.1, 0.15) is 11.4 Å². The van der Waals surface area contributed by atoms with Crippen molar-refractivity contribution < 1.29 is 9.53 Å². The van der Waals surface area contributed by atoms with E-state index in [1.54, 1.807) is 35.0 Å². The molecule has 0 aliphatic carbocycles. The molecule has 0 N–H and O–H groups in total. The molecule has 106 valence electrons. The van der Waals surface area contributed by atoms with E-state index >= 15 is 0 Å². The van der Waals surface area contributed by atoms with E-state index in [9.17, 15) is 4.79 Å². The van der Waals surface area contributed by atoms with Crippen LogP contribution in [0.5, 0.6) is 5.75 Å². The Morgan fingerprint density at radius 2 is 1.85 bits per heavy atom. The molecule has 20 heavy (non-hydrogen) atoms. The van der Waals surface area contributed by atoms with Crippen LogP contribution in [0.2, 0.25) is 5.02 Å². The predicted octanol–water partition coefficient (Wildman–Crippen LogP) is 3.82. The molecule has 2 rings (SSSR count). The third-order valence-electron chi connectivity index (χ3n) is 2.70. The molecular weight excluding hydrogens is 276 g/mol. The minimum atomic E-state index is -0.428. The van der Waals surface area contributed by atoms with E-state index in [2.05, 4.69) is 5.10 Å². The van der Waals surface area contributed by atoms with Crippen molar-refractivity contribution in [2.45, 2.75) is 33.2 Å². The number of benzene rings is 1. The van der Waals surface area contributed by atoms with Crippen molar-refractivity contribution in [3.63, 3.8) is 0 Å². The third-order valence-corrected chi connectivity index (χ3v) is 2.95. The second kappa shape index (κ2) is 5.29. The summed E-state index contributed by atoms with van der Waals surface area (Å²) in [5.74, 6) is 0.0292. The molecule has 0 saturated heterocycles. The monoisotopic (exact) mass is 292 g/mol. The molecule has 1 aromatic heterocycles. The van der Waals surface area contributed by atoms with Gasteiger partial charge in [0.25, 0.3) is 0 Å². The van der Waals surface area contributed by atoms with Gasteiger partial charge < -0.3 is 4.74 Å². The normalized spacial score (nSPS) is 11.4. The predicted molar refractivity (Wildman–Crippen MR) is 78.4 cm³/mol. The zero-order valence-corrected chi connectivity index (χ0v) is 12.7. The Labute approximate surface area is 123 Å². The van der Waals surface area contributed by atoms with Gasteiger partial charge in [0.05, 0.1) is 11.2 Å². The maximum absolute atomic E-state index is 12.3. The summed E-state index contributed by atoms with van der Waals surface area (Å²) >= 11 is 5.80. The first-order valence-corrected chi connectivity index (χ1v) is 6.70. The molecule has 1 aromatic carbocycles. The van der Waals surface area contributed by atoms with Gasteiger partial charge in [0.15, 0.2) is 0 Å². The summed E-state index contributed by atoms with van der Waals surface area (Å²) in [5.41, 5.74) is 0.927. The van der Waals surface area contributed by atoms with Crippen LogP contribution in [-0.4, -0.2) is 15.7 Å². The van der Waals surface area contributed by atoms with E-state index in [1.807, 2.05) is 27.7 Å². The van der Waals surface area contributed by atoms with Gasteiger partial charge >= 0.3 is 5.97 Å². The molecule has 0 fully saturated rings. The number of halogens is 1. The van der Waals surface area contributed by atoms with Crippen molar-refractivity contribution in [2.75, 3.05) is 0 Å². The average molecular weight is 293 g/mol. The molecule has 2 aromatic rings. The van der Waals surface area contributed by atoms with E-state index in [0.29, 0.717) is 16.5 Å². The summed E-state index contributed by atoms with van der Waals surface area (Å²) < 4.78 is 7.03. The number of aryl methyl sites for hydroxylation is 1. The SMILES string of the molecule is Cc1cc(C(=O)Oc2ccc(Cl)cc2)n(C(C)(C)C)n1. The second-order valence-corrected chi connectivity index (χ2v) is 6.03. The Kier molecular flexibility index (Phi) is 3.86. The summed E-state index contributed by atoms with van der Waals surface area (Å²) in [6.07, 6.45) is 0. The zero-order valence-electron chi connectivity index (χ0n) is 12.0. The van der Waals surface area contributed by atoms with E-state index in [0.717, 1.165) is 5.69 Å². The number of aromatic nitrogens is 2. The van der Waals surface area contributed by atoms with Crippen molar-refractivity contribution in [1.82, 2.24) is 9.78 Å². The molecular formula is C15H17ClN2O2. The molecule has 1 heterocycles. The lowest BCUT2D eigenvalue weighted by Crippen LogP contribution is -2.28. The molecule has 0 radical (unpaired) electrons. The van der Waals surface area contributed by atoms with Gasteiger partial charge in [-0.25, -0.2) is 4.79 Å². The van der Waals surface area contributed by atoms with Crippen molar-refractivity contribution >= 4 is 17.6 Å². The minimum absolute atomic E-state index is 0.289. The van der Waals surface area contributed by atoms with Crippen LogP contribution in [0.25, 0.3) is 0 Å². The van der Waals surface area contributed by atoms with Gasteiger partial charge in [0, 0.05) is 5.02 Å². The molecule has 0 spiro atoms. The van der Waals surface area contributed by atoms with Crippen LogP contribution in [0, 0.1) is 6.92 Å². The van der Waals surface area contributed by atoms with E-state index in [4.69, 9.17) is 16.3 Å². The Morgan fingerprint density at radius 3 is 2.40 bits per heavy atom. The van der Waals surface area contributed by atoms with E-state index < -0.39 is 5.97 Å². The third kappa shape index (κ3) is 3.20. The lowest BCUT2D eigenvalue weighted by atomic mass is 10.1. The first-order chi connectivity index (χ1) is 9.27. The first-order valence-electron chi connectivity index (χ1n) is 6.32. The quantitative estimate of drug-likeness (QED) is 0.624. The summed E-state index contributed by atoms with van der Waals surface area (Å²) in [6.45, 7) is 7.80. The largest absolute Gasteiger partial charge is 0.422 e. The van der Waals surface area contributed by atoms with Gasteiger partial charge in [-0.2, -0.15) is 5.10 Å². The number of carbonyl (C=O) groups excluding carboxylic acids is 1. The molecule has 0 aliphatic heterocycles. The van der Waals surface area contributed by atoms with Crippen LogP contribution < -0.4 is 4.74 Å². The van der Waals surface area contributed by atoms with Gasteiger partial charge in [-0.15, -0.1) is 0 Å². The first kappa shape index (κ1) is 14.6. The van der Waals surface area contributed by atoms with E-state index in [-0.39, 0.29) is 5.54 Å². The highest BCUT2D eigenvalue weighted by Gasteiger charge is 2.24. The van der Waals surface area contributed by atoms with Crippen molar-refractivity contribution in [1.29, 1.82) is 0 Å². The highest BCUT2D eigenvalue weighted by atomic mass is 35.5. The maximum atomic E-state index is 12.3. The number of rotatable bonds is 2. The van der Waals surface area contributed by atoms with Crippen LogP contribution in [0.15, 0.2) is 30.3 Å². The van der Waals surface area contributed by atoms with Crippen molar-refractivity contribution in [3.8, 4) is 5.75 Å².